The van der Waals surface area contributed by atoms with E-state index in [2.05, 4.69) is 5.10 Å². The van der Waals surface area contributed by atoms with Crippen LogP contribution in [0.1, 0.15) is 27.7 Å². The van der Waals surface area contributed by atoms with Gasteiger partial charge in [-0.05, 0) is 35.2 Å². The van der Waals surface area contributed by atoms with Crippen molar-refractivity contribution in [1.29, 1.82) is 0 Å². The standard InChI is InChI=1S/C16H12N2O5S2.2C2H6/c19-18-16(25(22,23)14-9-5-2-6-10-14)12-11-15(17-18)24(20,21)13-7-3-1-4-8-13;2*1-2/h1-12H;2*1-2H3. The molecule has 0 fully saturated rings. The molecule has 3 rings (SSSR count). The van der Waals surface area contributed by atoms with Crippen molar-refractivity contribution in [2.75, 3.05) is 0 Å². The van der Waals surface area contributed by atoms with Crippen molar-refractivity contribution in [2.45, 2.75) is 47.5 Å². The minimum Gasteiger partial charge on any atom is -0.593 e. The minimum absolute atomic E-state index is 0.0406. The van der Waals surface area contributed by atoms with Crippen LogP contribution >= 0.6 is 0 Å². The largest absolute Gasteiger partial charge is 0.593 e. The van der Waals surface area contributed by atoms with Crippen LogP contribution in [0.25, 0.3) is 0 Å². The number of benzene rings is 2. The molecule has 0 amide bonds. The van der Waals surface area contributed by atoms with Crippen molar-refractivity contribution in [3.8, 4) is 0 Å². The molecule has 3 aromatic rings. The third kappa shape index (κ3) is 5.39. The van der Waals surface area contributed by atoms with Gasteiger partial charge in [-0.3, -0.25) is 0 Å². The lowest BCUT2D eigenvalue weighted by Crippen LogP contribution is -2.39. The second-order valence-corrected chi connectivity index (χ2v) is 8.81. The summed E-state index contributed by atoms with van der Waals surface area (Å²) in [6.07, 6.45) is 0. The lowest BCUT2D eigenvalue weighted by atomic mass is 10.4. The summed E-state index contributed by atoms with van der Waals surface area (Å²) in [6.45, 7) is 8.00. The van der Waals surface area contributed by atoms with Gasteiger partial charge in [0.15, 0.2) is 0 Å². The highest BCUT2D eigenvalue weighted by Gasteiger charge is 2.30. The van der Waals surface area contributed by atoms with Crippen molar-refractivity contribution in [1.82, 2.24) is 5.10 Å². The quantitative estimate of drug-likeness (QED) is 0.458. The lowest BCUT2D eigenvalue weighted by Gasteiger charge is -2.06. The van der Waals surface area contributed by atoms with Gasteiger partial charge in [0.05, 0.1) is 9.79 Å². The first-order valence-electron chi connectivity index (χ1n) is 9.05. The molecule has 0 atom stereocenters. The summed E-state index contributed by atoms with van der Waals surface area (Å²) < 4.78 is 49.9. The average molecular weight is 437 g/mol. The van der Waals surface area contributed by atoms with Gasteiger partial charge < -0.3 is 5.21 Å². The zero-order valence-corrected chi connectivity index (χ0v) is 18.3. The van der Waals surface area contributed by atoms with E-state index in [1.54, 1.807) is 12.1 Å². The Hall–Kier alpha value is -2.78. The number of hydrogen-bond acceptors (Lipinski definition) is 6. The Morgan fingerprint density at radius 2 is 1.07 bits per heavy atom. The Morgan fingerprint density at radius 1 is 0.655 bits per heavy atom. The van der Waals surface area contributed by atoms with Crippen LogP contribution in [-0.4, -0.2) is 21.9 Å². The molecular weight excluding hydrogens is 412 g/mol. The lowest BCUT2D eigenvalue weighted by molar-refractivity contribution is -0.711. The van der Waals surface area contributed by atoms with Crippen molar-refractivity contribution in [3.63, 3.8) is 0 Å². The number of hydrogen-bond donors (Lipinski definition) is 0. The van der Waals surface area contributed by atoms with Gasteiger partial charge in [0.1, 0.15) is 0 Å². The molecule has 0 aliphatic heterocycles. The topological polar surface area (TPSA) is 108 Å². The third-order valence-electron chi connectivity index (χ3n) is 3.40. The fourth-order valence-corrected chi connectivity index (χ4v) is 4.59. The van der Waals surface area contributed by atoms with Crippen LogP contribution in [-0.2, 0) is 19.7 Å². The molecule has 1 aromatic heterocycles. The Kier molecular flexibility index (Phi) is 8.93. The normalized spacial score (nSPS) is 10.8. The van der Waals surface area contributed by atoms with E-state index in [4.69, 9.17) is 0 Å². The van der Waals surface area contributed by atoms with Crippen LogP contribution in [0.4, 0.5) is 0 Å². The van der Waals surface area contributed by atoms with E-state index in [-0.39, 0.29) is 14.6 Å². The fourth-order valence-electron chi connectivity index (χ4n) is 2.15. The zero-order chi connectivity index (χ0) is 22.1. The highest BCUT2D eigenvalue weighted by Crippen LogP contribution is 2.21. The van der Waals surface area contributed by atoms with Crippen LogP contribution in [0.15, 0.2) is 92.6 Å². The van der Waals surface area contributed by atoms with Crippen molar-refractivity contribution >= 4 is 19.7 Å². The number of rotatable bonds is 4. The molecule has 0 aliphatic rings. The van der Waals surface area contributed by atoms with Gasteiger partial charge in [0.25, 0.3) is 9.84 Å². The van der Waals surface area contributed by atoms with E-state index in [0.717, 1.165) is 12.1 Å². The van der Waals surface area contributed by atoms with E-state index in [9.17, 15) is 22.0 Å². The molecule has 0 radical (unpaired) electrons. The van der Waals surface area contributed by atoms with Crippen molar-refractivity contribution in [2.24, 2.45) is 0 Å². The van der Waals surface area contributed by atoms with Gasteiger partial charge in [-0.1, -0.05) is 64.1 Å². The van der Waals surface area contributed by atoms with E-state index < -0.39 is 29.7 Å². The van der Waals surface area contributed by atoms with E-state index >= 15 is 0 Å². The monoisotopic (exact) mass is 436 g/mol. The third-order valence-corrected chi connectivity index (χ3v) is 6.80. The molecule has 29 heavy (non-hydrogen) atoms. The molecule has 0 saturated heterocycles. The van der Waals surface area contributed by atoms with Gasteiger partial charge in [0.2, 0.25) is 14.9 Å². The van der Waals surface area contributed by atoms with E-state index in [1.165, 1.54) is 48.5 Å². The van der Waals surface area contributed by atoms with Crippen LogP contribution in [0.2, 0.25) is 0 Å². The van der Waals surface area contributed by atoms with Crippen LogP contribution in [0.5, 0.6) is 0 Å². The highest BCUT2D eigenvalue weighted by atomic mass is 32.2. The first-order valence-corrected chi connectivity index (χ1v) is 12.0. The number of aromatic nitrogens is 2. The molecule has 9 heteroatoms. The summed E-state index contributed by atoms with van der Waals surface area (Å²) in [4.78, 5) is -0.306. The number of sulfone groups is 2. The van der Waals surface area contributed by atoms with Crippen molar-refractivity contribution < 1.29 is 21.7 Å². The number of nitrogens with zero attached hydrogens (tertiary/aromatic N) is 2. The summed E-state index contributed by atoms with van der Waals surface area (Å²) in [5.74, 6) is 0. The van der Waals surface area contributed by atoms with Gasteiger partial charge in [-0.25, -0.2) is 16.8 Å². The molecule has 0 aliphatic carbocycles. The molecular formula is C20H24N2O5S2. The predicted octanol–water partition coefficient (Wildman–Crippen LogP) is 3.43. The smallest absolute Gasteiger partial charge is 0.339 e. The molecule has 0 unspecified atom stereocenters. The maximum atomic E-state index is 12.5. The van der Waals surface area contributed by atoms with Crippen LogP contribution < -0.4 is 4.85 Å². The maximum absolute atomic E-state index is 12.5. The zero-order valence-electron chi connectivity index (χ0n) is 16.7. The minimum atomic E-state index is -4.10. The van der Waals surface area contributed by atoms with Gasteiger partial charge in [-0.15, -0.1) is 0 Å². The first kappa shape index (κ1) is 24.3. The Morgan fingerprint density at radius 3 is 1.48 bits per heavy atom. The summed E-state index contributed by atoms with van der Waals surface area (Å²) in [7, 11) is -8.12. The van der Waals surface area contributed by atoms with Crippen LogP contribution in [0.3, 0.4) is 0 Å². The molecule has 156 valence electrons. The van der Waals surface area contributed by atoms with E-state index in [1.807, 2.05) is 27.7 Å². The Balaban J connectivity index is 0.000000989. The Bertz CT molecular complexity index is 1120. The molecule has 2 aromatic carbocycles. The molecule has 0 saturated carbocycles. The fraction of sp³-hybridized carbons (Fsp3) is 0.200. The maximum Gasteiger partial charge on any atom is 0.339 e. The van der Waals surface area contributed by atoms with Crippen molar-refractivity contribution in [3.05, 3.63) is 78.0 Å². The predicted molar refractivity (Wildman–Crippen MR) is 110 cm³/mol. The second kappa shape index (κ2) is 10.7. The Labute approximate surface area is 172 Å². The van der Waals surface area contributed by atoms with Gasteiger partial charge in [0, 0.05) is 11.2 Å². The molecule has 0 N–H and O–H groups in total. The molecule has 0 bridgehead atoms. The second-order valence-electron chi connectivity index (χ2n) is 5.02. The highest BCUT2D eigenvalue weighted by molar-refractivity contribution is 7.91. The summed E-state index contributed by atoms with van der Waals surface area (Å²) in [5, 5.41) is 14.3. The summed E-state index contributed by atoms with van der Waals surface area (Å²) in [6, 6.07) is 16.7. The molecule has 0 spiro atoms. The van der Waals surface area contributed by atoms with Gasteiger partial charge >= 0.3 is 5.03 Å². The summed E-state index contributed by atoms with van der Waals surface area (Å²) in [5.41, 5.74) is 0. The van der Waals surface area contributed by atoms with E-state index in [0.29, 0.717) is 0 Å². The molecule has 7 nitrogen and oxygen atoms in total. The molecule has 1 heterocycles. The first-order chi connectivity index (χ1) is 13.8. The summed E-state index contributed by atoms with van der Waals surface area (Å²) >= 11 is 0. The van der Waals surface area contributed by atoms with Gasteiger partial charge in [-0.2, -0.15) is 0 Å². The average Bonchev–Trinajstić information content (AvgIpc) is 2.77. The van der Waals surface area contributed by atoms with Crippen LogP contribution in [0, 0.1) is 5.21 Å². The SMILES string of the molecule is CC.CC.O=S(=O)(c1ccccc1)c1ccc(S(=O)(=O)c2ccccc2)[n+]([O-])n1.